The summed E-state index contributed by atoms with van der Waals surface area (Å²) in [4.78, 5) is 22.2. The lowest BCUT2D eigenvalue weighted by atomic mass is 10.1. The molecular formula is C24H29N3O3S. The quantitative estimate of drug-likeness (QED) is 0.558. The van der Waals surface area contributed by atoms with Gasteiger partial charge in [-0.25, -0.2) is 4.98 Å². The van der Waals surface area contributed by atoms with E-state index in [0.29, 0.717) is 6.54 Å². The molecule has 1 aromatic heterocycles. The maximum absolute atomic E-state index is 13.3. The zero-order valence-corrected chi connectivity index (χ0v) is 19.2. The topological polar surface area (TPSA) is 54.9 Å². The number of carbonyl (C=O) groups excluding carboxylic acids is 1. The summed E-state index contributed by atoms with van der Waals surface area (Å²) < 4.78 is 12.5. The van der Waals surface area contributed by atoms with Crippen LogP contribution in [0.1, 0.15) is 16.7 Å². The summed E-state index contributed by atoms with van der Waals surface area (Å²) in [7, 11) is 0. The summed E-state index contributed by atoms with van der Waals surface area (Å²) in [6, 6.07) is 12.0. The van der Waals surface area contributed by atoms with Crippen molar-refractivity contribution in [3.05, 3.63) is 53.1 Å². The molecule has 0 unspecified atom stereocenters. The summed E-state index contributed by atoms with van der Waals surface area (Å²) in [6.45, 7) is 10.7. The molecule has 6 nitrogen and oxygen atoms in total. The van der Waals surface area contributed by atoms with E-state index in [-0.39, 0.29) is 12.5 Å². The average molecular weight is 440 g/mol. The SMILES string of the molecule is Cc1ccccc1OCC(=O)N(CCN1CCOCC1)c1nc2c(C)ccc(C)c2s1. The molecule has 164 valence electrons. The Kier molecular flexibility index (Phi) is 6.85. The second-order valence-corrected chi connectivity index (χ2v) is 8.90. The van der Waals surface area contributed by atoms with Crippen LogP contribution in [0.2, 0.25) is 0 Å². The van der Waals surface area contributed by atoms with Gasteiger partial charge in [0.1, 0.15) is 5.75 Å². The molecule has 2 heterocycles. The van der Waals surface area contributed by atoms with E-state index in [1.54, 1.807) is 16.2 Å². The molecule has 1 aliphatic heterocycles. The van der Waals surface area contributed by atoms with E-state index in [4.69, 9.17) is 14.5 Å². The van der Waals surface area contributed by atoms with Crippen LogP contribution in [0.3, 0.4) is 0 Å². The number of carbonyl (C=O) groups is 1. The van der Waals surface area contributed by atoms with Crippen molar-refractivity contribution < 1.29 is 14.3 Å². The first-order valence-corrected chi connectivity index (χ1v) is 11.5. The van der Waals surface area contributed by atoms with E-state index in [0.717, 1.165) is 65.1 Å². The molecule has 0 saturated carbocycles. The van der Waals surface area contributed by atoms with Crippen molar-refractivity contribution in [3.8, 4) is 5.75 Å². The predicted molar refractivity (Wildman–Crippen MR) is 125 cm³/mol. The highest BCUT2D eigenvalue weighted by Gasteiger charge is 2.23. The van der Waals surface area contributed by atoms with Crippen LogP contribution in [-0.2, 0) is 9.53 Å². The predicted octanol–water partition coefficient (Wildman–Crippen LogP) is 3.97. The molecule has 0 aliphatic carbocycles. The number of fused-ring (bicyclic) bond motifs is 1. The van der Waals surface area contributed by atoms with Crippen LogP contribution >= 0.6 is 11.3 Å². The van der Waals surface area contributed by atoms with E-state index >= 15 is 0 Å². The fourth-order valence-corrected chi connectivity index (χ4v) is 4.85. The van der Waals surface area contributed by atoms with E-state index in [2.05, 4.69) is 30.9 Å². The lowest BCUT2D eigenvalue weighted by Gasteiger charge is -2.29. The van der Waals surface area contributed by atoms with E-state index in [1.807, 2.05) is 31.2 Å². The monoisotopic (exact) mass is 439 g/mol. The lowest BCUT2D eigenvalue weighted by molar-refractivity contribution is -0.120. The first-order chi connectivity index (χ1) is 15.0. The Bertz CT molecular complexity index is 1020. The number of anilines is 1. The Morgan fingerprint density at radius 1 is 1.10 bits per heavy atom. The maximum atomic E-state index is 13.3. The van der Waals surface area contributed by atoms with Crippen molar-refractivity contribution in [2.45, 2.75) is 20.8 Å². The van der Waals surface area contributed by atoms with Gasteiger partial charge >= 0.3 is 0 Å². The van der Waals surface area contributed by atoms with Gasteiger partial charge in [0, 0.05) is 26.2 Å². The summed E-state index contributed by atoms with van der Waals surface area (Å²) in [5.74, 6) is 0.658. The normalized spacial score (nSPS) is 14.7. The summed E-state index contributed by atoms with van der Waals surface area (Å²) in [5, 5.41) is 0.735. The number of para-hydroxylation sites is 1. The van der Waals surface area contributed by atoms with E-state index in [1.165, 1.54) is 5.56 Å². The lowest BCUT2D eigenvalue weighted by Crippen LogP contribution is -2.44. The molecule has 1 amide bonds. The zero-order chi connectivity index (χ0) is 21.8. The standard InChI is InChI=1S/C24H29N3O3S/c1-17-6-4-5-7-20(17)30-16-21(28)27(11-10-26-12-14-29-15-13-26)24-25-22-18(2)8-9-19(3)23(22)31-24/h4-9H,10-16H2,1-3H3. The van der Waals surface area contributed by atoms with Gasteiger partial charge in [-0.2, -0.15) is 0 Å². The number of hydrogen-bond donors (Lipinski definition) is 0. The summed E-state index contributed by atoms with van der Waals surface area (Å²) in [5.41, 5.74) is 4.30. The molecule has 0 bridgehead atoms. The number of hydrogen-bond acceptors (Lipinski definition) is 6. The van der Waals surface area contributed by atoms with Crippen molar-refractivity contribution in [1.82, 2.24) is 9.88 Å². The van der Waals surface area contributed by atoms with Gasteiger partial charge in [0.2, 0.25) is 0 Å². The molecule has 4 rings (SSSR count). The van der Waals surface area contributed by atoms with E-state index in [9.17, 15) is 4.79 Å². The third-order valence-electron chi connectivity index (χ3n) is 5.65. The van der Waals surface area contributed by atoms with Gasteiger partial charge < -0.3 is 9.47 Å². The number of rotatable bonds is 7. The number of ether oxygens (including phenoxy) is 2. The van der Waals surface area contributed by atoms with Crippen LogP contribution in [0.15, 0.2) is 36.4 Å². The first-order valence-electron chi connectivity index (χ1n) is 10.7. The zero-order valence-electron chi connectivity index (χ0n) is 18.4. The smallest absolute Gasteiger partial charge is 0.266 e. The summed E-state index contributed by atoms with van der Waals surface area (Å²) in [6.07, 6.45) is 0. The molecule has 0 spiro atoms. The fourth-order valence-electron chi connectivity index (χ4n) is 3.69. The summed E-state index contributed by atoms with van der Waals surface area (Å²) >= 11 is 1.58. The fraction of sp³-hybridized carbons (Fsp3) is 0.417. The minimum atomic E-state index is -0.0779. The van der Waals surface area contributed by atoms with Crippen LogP contribution in [0.5, 0.6) is 5.75 Å². The van der Waals surface area contributed by atoms with Gasteiger partial charge in [-0.3, -0.25) is 14.6 Å². The molecule has 7 heteroatoms. The largest absolute Gasteiger partial charge is 0.483 e. The van der Waals surface area contributed by atoms with Crippen LogP contribution in [0.25, 0.3) is 10.2 Å². The third kappa shape index (κ3) is 5.06. The molecule has 1 fully saturated rings. The Morgan fingerprint density at radius 2 is 1.84 bits per heavy atom. The van der Waals surface area contributed by atoms with Crippen molar-refractivity contribution in [1.29, 1.82) is 0 Å². The van der Waals surface area contributed by atoms with Crippen LogP contribution in [0.4, 0.5) is 5.13 Å². The molecule has 3 aromatic rings. The van der Waals surface area contributed by atoms with Crippen molar-refractivity contribution >= 4 is 32.6 Å². The van der Waals surface area contributed by atoms with Crippen molar-refractivity contribution in [2.75, 3.05) is 50.9 Å². The second kappa shape index (κ2) is 9.77. The average Bonchev–Trinajstić information content (AvgIpc) is 3.23. The molecular weight excluding hydrogens is 410 g/mol. The highest BCUT2D eigenvalue weighted by atomic mass is 32.1. The number of benzene rings is 2. The van der Waals surface area contributed by atoms with Crippen LogP contribution in [0, 0.1) is 20.8 Å². The molecule has 1 aliphatic rings. The molecule has 2 aromatic carbocycles. The molecule has 0 N–H and O–H groups in total. The van der Waals surface area contributed by atoms with Crippen LogP contribution < -0.4 is 9.64 Å². The van der Waals surface area contributed by atoms with Gasteiger partial charge in [-0.05, 0) is 43.5 Å². The highest BCUT2D eigenvalue weighted by Crippen LogP contribution is 2.33. The first kappa shape index (κ1) is 21.7. The number of amides is 1. The van der Waals surface area contributed by atoms with Crippen molar-refractivity contribution in [2.24, 2.45) is 0 Å². The Balaban J connectivity index is 1.56. The Labute approximate surface area is 187 Å². The van der Waals surface area contributed by atoms with Crippen LogP contribution in [-0.4, -0.2) is 61.8 Å². The van der Waals surface area contributed by atoms with Gasteiger partial charge in [0.15, 0.2) is 11.7 Å². The number of thiazole rings is 1. The number of aromatic nitrogens is 1. The number of nitrogens with zero attached hydrogens (tertiary/aromatic N) is 3. The van der Waals surface area contributed by atoms with Gasteiger partial charge in [-0.1, -0.05) is 41.7 Å². The minimum Gasteiger partial charge on any atom is -0.483 e. The van der Waals surface area contributed by atoms with E-state index < -0.39 is 0 Å². The highest BCUT2D eigenvalue weighted by molar-refractivity contribution is 7.22. The molecule has 1 saturated heterocycles. The molecule has 31 heavy (non-hydrogen) atoms. The van der Waals surface area contributed by atoms with Gasteiger partial charge in [-0.15, -0.1) is 0 Å². The number of morpholine rings is 1. The third-order valence-corrected chi connectivity index (χ3v) is 6.86. The second-order valence-electron chi connectivity index (χ2n) is 7.93. The van der Waals surface area contributed by atoms with Gasteiger partial charge in [0.05, 0.1) is 23.4 Å². The number of aryl methyl sites for hydroxylation is 3. The van der Waals surface area contributed by atoms with Crippen molar-refractivity contribution in [3.63, 3.8) is 0 Å². The maximum Gasteiger partial charge on any atom is 0.266 e. The van der Waals surface area contributed by atoms with Gasteiger partial charge in [0.25, 0.3) is 5.91 Å². The molecule has 0 radical (unpaired) electrons. The Morgan fingerprint density at radius 3 is 2.58 bits per heavy atom. The Hall–Kier alpha value is -2.48. The molecule has 0 atom stereocenters. The minimum absolute atomic E-state index is 0.0120.